The van der Waals surface area contributed by atoms with Crippen LogP contribution in [-0.2, 0) is 14.8 Å². The molecule has 1 aliphatic rings. The van der Waals surface area contributed by atoms with E-state index < -0.39 is 10.0 Å². The van der Waals surface area contributed by atoms with E-state index in [1.54, 1.807) is 23.0 Å². The number of sulfonamides is 1. The Morgan fingerprint density at radius 2 is 1.84 bits per heavy atom. The lowest BCUT2D eigenvalue weighted by molar-refractivity contribution is -0.111. The van der Waals surface area contributed by atoms with Gasteiger partial charge in [-0.1, -0.05) is 29.8 Å². The maximum absolute atomic E-state index is 12.8. The van der Waals surface area contributed by atoms with Crippen molar-refractivity contribution in [3.05, 3.63) is 77.6 Å². The van der Waals surface area contributed by atoms with Crippen molar-refractivity contribution in [3.8, 4) is 5.69 Å². The average molecular weight is 457 g/mol. The smallest absolute Gasteiger partial charge is 0.248 e. The monoisotopic (exact) mass is 456 g/mol. The van der Waals surface area contributed by atoms with Gasteiger partial charge in [-0.2, -0.15) is 9.40 Å². The summed E-state index contributed by atoms with van der Waals surface area (Å²) in [5.74, 6) is -0.390. The molecule has 9 heteroatoms. The fourth-order valence-corrected chi connectivity index (χ4v) is 5.36. The summed E-state index contributed by atoms with van der Waals surface area (Å²) in [6.45, 7) is 0.962. The molecule has 7 nitrogen and oxygen atoms in total. The highest BCUT2D eigenvalue weighted by Crippen LogP contribution is 2.29. The van der Waals surface area contributed by atoms with Crippen molar-refractivity contribution in [2.24, 2.45) is 0 Å². The molecule has 3 aromatic rings. The van der Waals surface area contributed by atoms with E-state index in [-0.39, 0.29) is 15.8 Å². The topological polar surface area (TPSA) is 84.3 Å². The molecule has 1 N–H and O–H groups in total. The number of amides is 1. The number of carbonyl (C=O) groups excluding carboxylic acids is 1. The molecule has 0 saturated carbocycles. The Morgan fingerprint density at radius 1 is 1.10 bits per heavy atom. The third-order valence-electron chi connectivity index (χ3n) is 4.93. The molecule has 31 heavy (non-hydrogen) atoms. The SMILES string of the molecule is O=C(/C=C/c1cnn(-c2ccccc2)c1)Nc1ccc(Cl)c(S(=O)(=O)N2CCCC2)c1. The number of aromatic nitrogens is 2. The van der Waals surface area contributed by atoms with E-state index in [2.05, 4.69) is 10.4 Å². The lowest BCUT2D eigenvalue weighted by atomic mass is 10.3. The van der Waals surface area contributed by atoms with Crippen LogP contribution < -0.4 is 5.32 Å². The van der Waals surface area contributed by atoms with Gasteiger partial charge in [0.05, 0.1) is 16.9 Å². The van der Waals surface area contributed by atoms with Gasteiger partial charge in [-0.15, -0.1) is 0 Å². The Balaban J connectivity index is 1.46. The van der Waals surface area contributed by atoms with Crippen LogP contribution in [0.2, 0.25) is 5.02 Å². The Bertz CT molecular complexity index is 1220. The molecule has 4 rings (SSSR count). The molecule has 1 aliphatic heterocycles. The number of halogens is 1. The standard InChI is InChI=1S/C22H21ClN4O3S/c23-20-10-9-18(14-21(20)31(29,30)26-12-4-5-13-26)25-22(28)11-8-17-15-24-27(16-17)19-6-2-1-3-7-19/h1-3,6-11,14-16H,4-5,12-13H2,(H,25,28)/b11-8+. The zero-order valence-corrected chi connectivity index (χ0v) is 18.2. The molecule has 1 fully saturated rings. The minimum absolute atomic E-state index is 0.00184. The van der Waals surface area contributed by atoms with Gasteiger partial charge in [-0.3, -0.25) is 4.79 Å². The molecule has 1 saturated heterocycles. The van der Waals surface area contributed by atoms with Crippen molar-refractivity contribution in [1.82, 2.24) is 14.1 Å². The third kappa shape index (κ3) is 4.87. The number of rotatable bonds is 6. The molecule has 0 atom stereocenters. The summed E-state index contributed by atoms with van der Waals surface area (Å²) >= 11 is 6.15. The number of hydrogen-bond donors (Lipinski definition) is 1. The first-order valence-electron chi connectivity index (χ1n) is 9.82. The molecule has 0 aliphatic carbocycles. The summed E-state index contributed by atoms with van der Waals surface area (Å²) in [5, 5.41) is 7.10. The second-order valence-electron chi connectivity index (χ2n) is 7.13. The molecule has 1 aromatic heterocycles. The lowest BCUT2D eigenvalue weighted by Crippen LogP contribution is -2.28. The van der Waals surface area contributed by atoms with Gasteiger partial charge in [0, 0.05) is 36.6 Å². The van der Waals surface area contributed by atoms with Gasteiger partial charge in [0.15, 0.2) is 0 Å². The van der Waals surface area contributed by atoms with Crippen LogP contribution >= 0.6 is 11.6 Å². The summed E-state index contributed by atoms with van der Waals surface area (Å²) in [6, 6.07) is 14.1. The zero-order chi connectivity index (χ0) is 21.8. The fraction of sp³-hybridized carbons (Fsp3) is 0.182. The van der Waals surface area contributed by atoms with E-state index in [0.29, 0.717) is 18.8 Å². The fourth-order valence-electron chi connectivity index (χ4n) is 3.35. The molecular weight excluding hydrogens is 436 g/mol. The van der Waals surface area contributed by atoms with Crippen LogP contribution in [0.3, 0.4) is 0 Å². The van der Waals surface area contributed by atoms with Crippen LogP contribution in [0.25, 0.3) is 11.8 Å². The Hall–Kier alpha value is -2.94. The summed E-state index contributed by atoms with van der Waals surface area (Å²) in [6.07, 6.45) is 8.13. The van der Waals surface area contributed by atoms with E-state index in [1.807, 2.05) is 36.5 Å². The molecule has 0 unspecified atom stereocenters. The first kappa shape index (κ1) is 21.3. The molecule has 1 amide bonds. The highest BCUT2D eigenvalue weighted by Gasteiger charge is 2.29. The molecular formula is C22H21ClN4O3S. The largest absolute Gasteiger partial charge is 0.322 e. The number of hydrogen-bond acceptors (Lipinski definition) is 4. The maximum Gasteiger partial charge on any atom is 0.248 e. The summed E-state index contributed by atoms with van der Waals surface area (Å²) in [5.41, 5.74) is 2.03. The summed E-state index contributed by atoms with van der Waals surface area (Å²) < 4.78 is 28.8. The van der Waals surface area contributed by atoms with Gasteiger partial charge in [0.2, 0.25) is 15.9 Å². The van der Waals surface area contributed by atoms with Crippen LogP contribution in [0, 0.1) is 0 Å². The minimum Gasteiger partial charge on any atom is -0.322 e. The first-order valence-corrected chi connectivity index (χ1v) is 11.6. The van der Waals surface area contributed by atoms with Crippen LogP contribution in [0.5, 0.6) is 0 Å². The molecule has 2 aromatic carbocycles. The summed E-state index contributed by atoms with van der Waals surface area (Å²) in [7, 11) is -3.69. The van der Waals surface area contributed by atoms with E-state index >= 15 is 0 Å². The van der Waals surface area contributed by atoms with Gasteiger partial charge >= 0.3 is 0 Å². The van der Waals surface area contributed by atoms with E-state index in [9.17, 15) is 13.2 Å². The number of anilines is 1. The van der Waals surface area contributed by atoms with Crippen molar-refractivity contribution in [1.29, 1.82) is 0 Å². The molecule has 2 heterocycles. The molecule has 0 spiro atoms. The van der Waals surface area contributed by atoms with E-state index in [1.165, 1.54) is 22.5 Å². The summed E-state index contributed by atoms with van der Waals surface area (Å²) in [4.78, 5) is 12.3. The second kappa shape index (κ2) is 9.05. The van der Waals surface area contributed by atoms with Crippen molar-refractivity contribution < 1.29 is 13.2 Å². The van der Waals surface area contributed by atoms with Crippen LogP contribution in [0.15, 0.2) is 71.9 Å². The predicted molar refractivity (Wildman–Crippen MR) is 121 cm³/mol. The van der Waals surface area contributed by atoms with Gasteiger partial charge in [0.1, 0.15) is 4.90 Å². The van der Waals surface area contributed by atoms with E-state index in [0.717, 1.165) is 24.1 Å². The zero-order valence-electron chi connectivity index (χ0n) is 16.6. The van der Waals surface area contributed by atoms with Crippen LogP contribution in [0.4, 0.5) is 5.69 Å². The average Bonchev–Trinajstić information content (AvgIpc) is 3.47. The van der Waals surface area contributed by atoms with Crippen molar-refractivity contribution in [3.63, 3.8) is 0 Å². The van der Waals surface area contributed by atoms with Crippen molar-refractivity contribution >= 4 is 39.3 Å². The van der Waals surface area contributed by atoms with Crippen molar-refractivity contribution in [2.75, 3.05) is 18.4 Å². The predicted octanol–water partition coefficient (Wildman–Crippen LogP) is 3.96. The molecule has 160 valence electrons. The number of para-hydroxylation sites is 1. The second-order valence-corrected chi connectivity index (χ2v) is 9.45. The van der Waals surface area contributed by atoms with Crippen LogP contribution in [0.1, 0.15) is 18.4 Å². The highest BCUT2D eigenvalue weighted by molar-refractivity contribution is 7.89. The quantitative estimate of drug-likeness (QED) is 0.569. The maximum atomic E-state index is 12.8. The number of carbonyl (C=O) groups is 1. The van der Waals surface area contributed by atoms with Crippen molar-refractivity contribution in [2.45, 2.75) is 17.7 Å². The number of nitrogens with zero attached hydrogens (tertiary/aromatic N) is 3. The van der Waals surface area contributed by atoms with Gasteiger partial charge < -0.3 is 5.32 Å². The highest BCUT2D eigenvalue weighted by atomic mass is 35.5. The Kier molecular flexibility index (Phi) is 6.22. The van der Waals surface area contributed by atoms with Gasteiger partial charge in [-0.05, 0) is 49.2 Å². The Labute approximate surface area is 186 Å². The van der Waals surface area contributed by atoms with E-state index in [4.69, 9.17) is 11.6 Å². The Morgan fingerprint density at radius 3 is 2.58 bits per heavy atom. The lowest BCUT2D eigenvalue weighted by Gasteiger charge is -2.17. The van der Waals surface area contributed by atoms with Gasteiger partial charge in [0.25, 0.3) is 0 Å². The number of benzene rings is 2. The normalized spacial score (nSPS) is 14.9. The van der Waals surface area contributed by atoms with Gasteiger partial charge in [-0.25, -0.2) is 13.1 Å². The first-order chi connectivity index (χ1) is 14.9. The molecule has 0 radical (unpaired) electrons. The molecule has 0 bridgehead atoms. The minimum atomic E-state index is -3.69. The van der Waals surface area contributed by atoms with Crippen LogP contribution in [-0.4, -0.2) is 41.5 Å². The third-order valence-corrected chi connectivity index (χ3v) is 7.31. The number of nitrogens with one attached hydrogen (secondary N) is 1.